The van der Waals surface area contributed by atoms with Crippen LogP contribution in [0, 0.1) is 6.92 Å². The first-order valence-corrected chi connectivity index (χ1v) is 5.85. The van der Waals surface area contributed by atoms with Crippen LogP contribution in [0.2, 0.25) is 0 Å². The number of aromatic nitrogens is 2. The summed E-state index contributed by atoms with van der Waals surface area (Å²) in [7, 11) is 1.35. The molecule has 100 valence electrons. The van der Waals surface area contributed by atoms with Crippen molar-refractivity contribution in [2.75, 3.05) is 7.11 Å². The predicted molar refractivity (Wildman–Crippen MR) is 67.4 cm³/mol. The molecule has 0 saturated carbocycles. The topological polar surface area (TPSA) is 77.2 Å². The Morgan fingerprint density at radius 2 is 2.32 bits per heavy atom. The highest BCUT2D eigenvalue weighted by atomic mass is 16.5. The van der Waals surface area contributed by atoms with E-state index in [0.29, 0.717) is 30.2 Å². The van der Waals surface area contributed by atoms with E-state index in [1.54, 1.807) is 19.2 Å². The highest BCUT2D eigenvalue weighted by Crippen LogP contribution is 2.15. The number of nitrogens with zero attached hydrogens (tertiary/aromatic N) is 2. The second kappa shape index (κ2) is 6.10. The predicted octanol–water partition coefficient (Wildman–Crippen LogP) is 1.45. The van der Waals surface area contributed by atoms with E-state index in [4.69, 9.17) is 4.42 Å². The molecule has 0 fully saturated rings. The molecular formula is C13H15N3O3. The summed E-state index contributed by atoms with van der Waals surface area (Å²) in [6.07, 6.45) is 1.63. The summed E-state index contributed by atoms with van der Waals surface area (Å²) in [6, 6.07) is 5.40. The molecule has 0 aliphatic rings. The number of nitrogens with one attached hydrogen (secondary N) is 1. The van der Waals surface area contributed by atoms with Gasteiger partial charge in [0.2, 0.25) is 0 Å². The van der Waals surface area contributed by atoms with Gasteiger partial charge in [0.15, 0.2) is 0 Å². The van der Waals surface area contributed by atoms with Crippen LogP contribution in [0.25, 0.3) is 0 Å². The monoisotopic (exact) mass is 261 g/mol. The zero-order valence-corrected chi connectivity index (χ0v) is 10.8. The van der Waals surface area contributed by atoms with Gasteiger partial charge in [-0.1, -0.05) is 0 Å². The van der Waals surface area contributed by atoms with E-state index >= 15 is 0 Å². The van der Waals surface area contributed by atoms with E-state index in [2.05, 4.69) is 20.3 Å². The molecule has 1 N–H and O–H groups in total. The lowest BCUT2D eigenvalue weighted by molar-refractivity contribution is 0.0599. The van der Waals surface area contributed by atoms with E-state index in [0.717, 1.165) is 5.69 Å². The normalized spacial score (nSPS) is 10.4. The Hall–Kier alpha value is -2.21. The first-order chi connectivity index (χ1) is 9.20. The Morgan fingerprint density at radius 1 is 1.47 bits per heavy atom. The molecule has 0 aliphatic heterocycles. The summed E-state index contributed by atoms with van der Waals surface area (Å²) in [5, 5.41) is 10.9. The average Bonchev–Trinajstić information content (AvgIpc) is 2.80. The van der Waals surface area contributed by atoms with E-state index < -0.39 is 0 Å². The number of hydrogen-bond donors (Lipinski definition) is 1. The first kappa shape index (κ1) is 13.2. The largest absolute Gasteiger partial charge is 0.465 e. The van der Waals surface area contributed by atoms with Gasteiger partial charge in [-0.3, -0.25) is 0 Å². The van der Waals surface area contributed by atoms with Crippen LogP contribution in [0.4, 0.5) is 0 Å². The molecule has 0 radical (unpaired) electrons. The number of methoxy groups -OCH3 is 1. The van der Waals surface area contributed by atoms with Crippen molar-refractivity contribution in [3.63, 3.8) is 0 Å². The van der Waals surface area contributed by atoms with Crippen molar-refractivity contribution >= 4 is 5.97 Å². The molecule has 2 rings (SSSR count). The zero-order chi connectivity index (χ0) is 13.7. The number of esters is 1. The number of hydrogen-bond acceptors (Lipinski definition) is 6. The fourth-order valence-electron chi connectivity index (χ4n) is 1.68. The second-order valence-corrected chi connectivity index (χ2v) is 3.99. The number of aryl methyl sites for hydroxylation is 1. The number of rotatable bonds is 5. The van der Waals surface area contributed by atoms with Crippen LogP contribution in [-0.4, -0.2) is 23.3 Å². The van der Waals surface area contributed by atoms with Crippen LogP contribution < -0.4 is 5.32 Å². The van der Waals surface area contributed by atoms with Crippen LogP contribution in [-0.2, 0) is 17.8 Å². The van der Waals surface area contributed by atoms with E-state index in [-0.39, 0.29) is 5.97 Å². The van der Waals surface area contributed by atoms with E-state index in [9.17, 15) is 4.79 Å². The maximum Gasteiger partial charge on any atom is 0.341 e. The lowest BCUT2D eigenvalue weighted by atomic mass is 10.2. The Balaban J connectivity index is 1.92. The minimum atomic E-state index is -0.388. The molecule has 2 heterocycles. The molecule has 6 nitrogen and oxygen atoms in total. The van der Waals surface area contributed by atoms with Gasteiger partial charge in [0.1, 0.15) is 17.1 Å². The highest BCUT2D eigenvalue weighted by Gasteiger charge is 2.14. The average molecular weight is 261 g/mol. The van der Waals surface area contributed by atoms with Gasteiger partial charge in [-0.25, -0.2) is 4.79 Å². The number of ether oxygens (including phenoxy) is 1. The molecule has 0 unspecified atom stereocenters. The lowest BCUT2D eigenvalue weighted by Crippen LogP contribution is -2.13. The lowest BCUT2D eigenvalue weighted by Gasteiger charge is -2.00. The Bertz CT molecular complexity index is 552. The molecule has 0 bridgehead atoms. The van der Waals surface area contributed by atoms with Crippen LogP contribution in [0.5, 0.6) is 0 Å². The molecule has 0 saturated heterocycles. The fraction of sp³-hybridized carbons (Fsp3) is 0.308. The highest BCUT2D eigenvalue weighted by molar-refractivity contribution is 5.90. The van der Waals surface area contributed by atoms with Gasteiger partial charge in [0.25, 0.3) is 0 Å². The van der Waals surface area contributed by atoms with Crippen LogP contribution >= 0.6 is 0 Å². The van der Waals surface area contributed by atoms with Gasteiger partial charge in [0.05, 0.1) is 19.3 Å². The third-order valence-electron chi connectivity index (χ3n) is 2.61. The minimum absolute atomic E-state index is 0.388. The fourth-order valence-corrected chi connectivity index (χ4v) is 1.68. The quantitative estimate of drug-likeness (QED) is 0.821. The van der Waals surface area contributed by atoms with Crippen molar-refractivity contribution in [2.45, 2.75) is 20.0 Å². The molecule has 0 amide bonds. The van der Waals surface area contributed by atoms with Gasteiger partial charge in [-0.15, -0.1) is 0 Å². The molecule has 19 heavy (non-hydrogen) atoms. The first-order valence-electron chi connectivity index (χ1n) is 5.85. The molecule has 6 heteroatoms. The summed E-state index contributed by atoms with van der Waals surface area (Å²) >= 11 is 0. The standard InChI is InChI=1S/C13H15N3O3/c1-9-12(13(17)18-2)6-11(19-9)8-14-7-10-4-3-5-15-16-10/h3-6,14H,7-8H2,1-2H3. The Kier molecular flexibility index (Phi) is 4.25. The summed E-state index contributed by atoms with van der Waals surface area (Å²) in [4.78, 5) is 11.4. The SMILES string of the molecule is COC(=O)c1cc(CNCc2cccnn2)oc1C. The van der Waals surface area contributed by atoms with Gasteiger partial charge in [-0.2, -0.15) is 10.2 Å². The van der Waals surface area contributed by atoms with Gasteiger partial charge in [0, 0.05) is 12.7 Å². The summed E-state index contributed by atoms with van der Waals surface area (Å²) < 4.78 is 10.1. The smallest absolute Gasteiger partial charge is 0.341 e. The molecule has 2 aromatic heterocycles. The summed E-state index contributed by atoms with van der Waals surface area (Å²) in [5.74, 6) is 0.853. The van der Waals surface area contributed by atoms with Gasteiger partial charge >= 0.3 is 5.97 Å². The zero-order valence-electron chi connectivity index (χ0n) is 10.8. The third kappa shape index (κ3) is 3.38. The number of carbonyl (C=O) groups is 1. The minimum Gasteiger partial charge on any atom is -0.465 e. The molecule has 0 aromatic carbocycles. The Morgan fingerprint density at radius 3 is 3.00 bits per heavy atom. The van der Waals surface area contributed by atoms with Crippen LogP contribution in [0.1, 0.15) is 27.6 Å². The molecule has 0 atom stereocenters. The number of furan rings is 1. The molecule has 0 spiro atoms. The summed E-state index contributed by atoms with van der Waals surface area (Å²) in [5.41, 5.74) is 1.30. The van der Waals surface area contributed by atoms with Crippen molar-refractivity contribution in [3.05, 3.63) is 47.2 Å². The number of carbonyl (C=O) groups excluding carboxylic acids is 1. The maximum absolute atomic E-state index is 11.4. The van der Waals surface area contributed by atoms with Gasteiger partial charge < -0.3 is 14.5 Å². The molecular weight excluding hydrogens is 246 g/mol. The molecule has 2 aromatic rings. The van der Waals surface area contributed by atoms with Crippen molar-refractivity contribution < 1.29 is 13.9 Å². The van der Waals surface area contributed by atoms with Crippen molar-refractivity contribution in [3.8, 4) is 0 Å². The maximum atomic E-state index is 11.4. The van der Waals surface area contributed by atoms with E-state index in [1.165, 1.54) is 7.11 Å². The summed E-state index contributed by atoms with van der Waals surface area (Å²) in [6.45, 7) is 2.83. The van der Waals surface area contributed by atoms with Crippen LogP contribution in [0.15, 0.2) is 28.8 Å². The van der Waals surface area contributed by atoms with Crippen molar-refractivity contribution in [2.24, 2.45) is 0 Å². The molecule has 0 aliphatic carbocycles. The van der Waals surface area contributed by atoms with Gasteiger partial charge in [-0.05, 0) is 25.1 Å². The second-order valence-electron chi connectivity index (χ2n) is 3.99. The third-order valence-corrected chi connectivity index (χ3v) is 2.61. The van der Waals surface area contributed by atoms with E-state index in [1.807, 2.05) is 12.1 Å². The van der Waals surface area contributed by atoms with Crippen LogP contribution in [0.3, 0.4) is 0 Å². The Labute approximate surface area is 110 Å². The van der Waals surface area contributed by atoms with Crippen molar-refractivity contribution in [1.82, 2.24) is 15.5 Å². The van der Waals surface area contributed by atoms with Crippen molar-refractivity contribution in [1.29, 1.82) is 0 Å².